The monoisotopic (exact) mass is 422 g/mol. The summed E-state index contributed by atoms with van der Waals surface area (Å²) >= 11 is 0. The van der Waals surface area contributed by atoms with Gasteiger partial charge in [-0.1, -0.05) is 6.07 Å². The van der Waals surface area contributed by atoms with E-state index in [-0.39, 0.29) is 30.3 Å². The quantitative estimate of drug-likeness (QED) is 0.685. The van der Waals surface area contributed by atoms with Gasteiger partial charge in [-0.3, -0.25) is 9.59 Å². The Morgan fingerprint density at radius 3 is 2.13 bits per heavy atom. The highest BCUT2D eigenvalue weighted by atomic mass is 19.4. The van der Waals surface area contributed by atoms with Crippen molar-refractivity contribution in [2.45, 2.75) is 46.0 Å². The number of rotatable bonds is 7. The highest BCUT2D eigenvalue weighted by Crippen LogP contribution is 2.30. The van der Waals surface area contributed by atoms with E-state index in [4.69, 9.17) is 4.74 Å². The van der Waals surface area contributed by atoms with E-state index in [2.05, 4.69) is 5.32 Å². The second-order valence-electron chi connectivity index (χ2n) is 7.34. The Balaban J connectivity index is 1.95. The molecule has 0 bridgehead atoms. The lowest BCUT2D eigenvalue weighted by atomic mass is 10.1. The molecule has 0 aliphatic carbocycles. The second kappa shape index (κ2) is 9.65. The lowest BCUT2D eigenvalue weighted by molar-refractivity contribution is -0.137. The minimum Gasteiger partial charge on any atom is -0.484 e. The Labute approximate surface area is 173 Å². The number of amides is 2. The highest BCUT2D eigenvalue weighted by molar-refractivity contribution is 5.95. The molecule has 2 amide bonds. The first-order chi connectivity index (χ1) is 14.0. The van der Waals surface area contributed by atoms with Crippen molar-refractivity contribution in [1.82, 2.24) is 4.90 Å². The molecule has 2 rings (SSSR count). The van der Waals surface area contributed by atoms with E-state index in [1.807, 2.05) is 27.7 Å². The molecule has 0 heterocycles. The van der Waals surface area contributed by atoms with Crippen molar-refractivity contribution in [3.05, 3.63) is 59.7 Å². The normalized spacial score (nSPS) is 11.5. The van der Waals surface area contributed by atoms with Gasteiger partial charge in [-0.15, -0.1) is 0 Å². The van der Waals surface area contributed by atoms with Crippen molar-refractivity contribution in [3.63, 3.8) is 0 Å². The van der Waals surface area contributed by atoms with E-state index in [1.54, 1.807) is 29.2 Å². The molecule has 0 radical (unpaired) electrons. The fourth-order valence-electron chi connectivity index (χ4n) is 3.03. The van der Waals surface area contributed by atoms with Crippen molar-refractivity contribution in [2.75, 3.05) is 11.9 Å². The third-order valence-electron chi connectivity index (χ3n) is 4.29. The van der Waals surface area contributed by atoms with Crippen LogP contribution in [-0.2, 0) is 11.0 Å². The zero-order valence-electron chi connectivity index (χ0n) is 17.3. The van der Waals surface area contributed by atoms with Crippen molar-refractivity contribution < 1.29 is 27.5 Å². The van der Waals surface area contributed by atoms with Crippen LogP contribution in [0.2, 0.25) is 0 Å². The molecule has 30 heavy (non-hydrogen) atoms. The van der Waals surface area contributed by atoms with Crippen LogP contribution in [0.5, 0.6) is 5.75 Å². The molecule has 0 aromatic heterocycles. The standard InChI is InChI=1S/C22H25F3N2O3/c1-14(2)27(15(3)4)21(29)16-8-10-19(11-9-16)30-13-20(28)26-18-7-5-6-17(12-18)22(23,24)25/h5-12,14-15H,13H2,1-4H3,(H,26,28). The molecular weight excluding hydrogens is 397 g/mol. The Kier molecular flexibility index (Phi) is 7.48. The van der Waals surface area contributed by atoms with Gasteiger partial charge in [-0.2, -0.15) is 13.2 Å². The maximum absolute atomic E-state index is 12.7. The summed E-state index contributed by atoms with van der Waals surface area (Å²) in [6.07, 6.45) is -4.49. The summed E-state index contributed by atoms with van der Waals surface area (Å²) in [4.78, 5) is 26.4. The van der Waals surface area contributed by atoms with Gasteiger partial charge in [-0.05, 0) is 70.2 Å². The highest BCUT2D eigenvalue weighted by Gasteiger charge is 2.30. The van der Waals surface area contributed by atoms with Crippen LogP contribution >= 0.6 is 0 Å². The van der Waals surface area contributed by atoms with E-state index >= 15 is 0 Å². The first-order valence-corrected chi connectivity index (χ1v) is 9.51. The Morgan fingerprint density at radius 2 is 1.60 bits per heavy atom. The summed E-state index contributed by atoms with van der Waals surface area (Å²) in [6, 6.07) is 10.8. The maximum Gasteiger partial charge on any atom is 0.416 e. The Bertz CT molecular complexity index is 870. The number of ether oxygens (including phenoxy) is 1. The molecule has 0 spiro atoms. The molecule has 0 aliphatic rings. The zero-order valence-corrected chi connectivity index (χ0v) is 17.3. The summed E-state index contributed by atoms with van der Waals surface area (Å²) < 4.78 is 43.6. The second-order valence-corrected chi connectivity index (χ2v) is 7.34. The summed E-state index contributed by atoms with van der Waals surface area (Å²) in [5, 5.41) is 2.37. The van der Waals surface area contributed by atoms with Crippen LogP contribution in [0.1, 0.15) is 43.6 Å². The molecule has 2 aromatic rings. The van der Waals surface area contributed by atoms with E-state index < -0.39 is 17.6 Å². The number of benzene rings is 2. The molecule has 0 saturated heterocycles. The van der Waals surface area contributed by atoms with Crippen molar-refractivity contribution in [2.24, 2.45) is 0 Å². The molecule has 1 N–H and O–H groups in total. The summed E-state index contributed by atoms with van der Waals surface area (Å²) in [5.41, 5.74) is -0.321. The van der Waals surface area contributed by atoms with Crippen LogP contribution in [0.4, 0.5) is 18.9 Å². The number of halogens is 3. The number of nitrogens with zero attached hydrogens (tertiary/aromatic N) is 1. The summed E-state index contributed by atoms with van der Waals surface area (Å²) in [6.45, 7) is 7.39. The minimum atomic E-state index is -4.49. The van der Waals surface area contributed by atoms with Crippen LogP contribution in [0.25, 0.3) is 0 Å². The average molecular weight is 422 g/mol. The van der Waals surface area contributed by atoms with Gasteiger partial charge in [0.1, 0.15) is 5.75 Å². The zero-order chi connectivity index (χ0) is 22.5. The Morgan fingerprint density at radius 1 is 1.00 bits per heavy atom. The smallest absolute Gasteiger partial charge is 0.416 e. The van der Waals surface area contributed by atoms with E-state index in [1.165, 1.54) is 12.1 Å². The van der Waals surface area contributed by atoms with Crippen molar-refractivity contribution >= 4 is 17.5 Å². The lowest BCUT2D eigenvalue weighted by Gasteiger charge is -2.30. The molecule has 0 saturated carbocycles. The first-order valence-electron chi connectivity index (χ1n) is 9.51. The molecule has 162 valence electrons. The fourth-order valence-corrected chi connectivity index (χ4v) is 3.03. The van der Waals surface area contributed by atoms with E-state index in [0.717, 1.165) is 12.1 Å². The van der Waals surface area contributed by atoms with Gasteiger partial charge in [0, 0.05) is 23.3 Å². The van der Waals surface area contributed by atoms with Crippen LogP contribution in [0.15, 0.2) is 48.5 Å². The molecule has 5 nitrogen and oxygen atoms in total. The Hall–Kier alpha value is -3.03. The third kappa shape index (κ3) is 6.23. The van der Waals surface area contributed by atoms with Gasteiger partial charge in [0.15, 0.2) is 6.61 Å². The van der Waals surface area contributed by atoms with Gasteiger partial charge >= 0.3 is 6.18 Å². The number of anilines is 1. The van der Waals surface area contributed by atoms with Gasteiger partial charge in [-0.25, -0.2) is 0 Å². The van der Waals surface area contributed by atoms with E-state index in [9.17, 15) is 22.8 Å². The maximum atomic E-state index is 12.7. The first kappa shape index (κ1) is 23.3. The molecule has 0 aliphatic heterocycles. The number of nitrogens with one attached hydrogen (secondary N) is 1. The largest absolute Gasteiger partial charge is 0.484 e. The van der Waals surface area contributed by atoms with Crippen molar-refractivity contribution in [3.8, 4) is 5.75 Å². The number of alkyl halides is 3. The van der Waals surface area contributed by atoms with Crippen LogP contribution in [0.3, 0.4) is 0 Å². The van der Waals surface area contributed by atoms with Gasteiger partial charge in [0.25, 0.3) is 11.8 Å². The lowest BCUT2D eigenvalue weighted by Crippen LogP contribution is -2.42. The molecule has 0 atom stereocenters. The van der Waals surface area contributed by atoms with Crippen LogP contribution in [-0.4, -0.2) is 35.4 Å². The number of hydrogen-bond donors (Lipinski definition) is 1. The van der Waals surface area contributed by atoms with Gasteiger partial charge < -0.3 is 15.0 Å². The molecule has 8 heteroatoms. The third-order valence-corrected chi connectivity index (χ3v) is 4.29. The molecule has 0 unspecified atom stereocenters. The SMILES string of the molecule is CC(C)N(C(=O)c1ccc(OCC(=O)Nc2cccc(C(F)(F)F)c2)cc1)C(C)C. The van der Waals surface area contributed by atoms with Crippen LogP contribution < -0.4 is 10.1 Å². The predicted octanol–water partition coefficient (Wildman–Crippen LogP) is 4.98. The van der Waals surface area contributed by atoms with E-state index in [0.29, 0.717) is 11.3 Å². The number of hydrogen-bond acceptors (Lipinski definition) is 3. The topological polar surface area (TPSA) is 58.6 Å². The number of carbonyl (C=O) groups is 2. The van der Waals surface area contributed by atoms with Crippen LogP contribution in [0, 0.1) is 0 Å². The molecule has 0 fully saturated rings. The average Bonchev–Trinajstić information content (AvgIpc) is 2.65. The van der Waals surface area contributed by atoms with Gasteiger partial charge in [0.05, 0.1) is 5.56 Å². The minimum absolute atomic E-state index is 0.0295. The summed E-state index contributed by atoms with van der Waals surface area (Å²) in [7, 11) is 0. The summed E-state index contributed by atoms with van der Waals surface area (Å²) in [5.74, 6) is -0.333. The fraction of sp³-hybridized carbons (Fsp3) is 0.364. The van der Waals surface area contributed by atoms with Gasteiger partial charge in [0.2, 0.25) is 0 Å². The van der Waals surface area contributed by atoms with Crippen molar-refractivity contribution in [1.29, 1.82) is 0 Å². The predicted molar refractivity (Wildman–Crippen MR) is 108 cm³/mol. The number of carbonyl (C=O) groups excluding carboxylic acids is 2. The molecular formula is C22H25F3N2O3. The molecule has 2 aromatic carbocycles.